The zero-order valence-electron chi connectivity index (χ0n) is 13.2. The maximum atomic E-state index is 12.0. The largest absolute Gasteiger partial charge is 0.468 e. The van der Waals surface area contributed by atoms with Gasteiger partial charge < -0.3 is 9.64 Å². The molecule has 0 fully saturated rings. The van der Waals surface area contributed by atoms with E-state index in [1.54, 1.807) is 0 Å². The summed E-state index contributed by atoms with van der Waals surface area (Å²) in [4.78, 5) is 14.2. The van der Waals surface area contributed by atoms with Crippen LogP contribution in [-0.4, -0.2) is 49.2 Å². The summed E-state index contributed by atoms with van der Waals surface area (Å²) in [5.74, 6) is 0.343. The molecule has 0 radical (unpaired) electrons. The van der Waals surface area contributed by atoms with E-state index in [2.05, 4.69) is 31.0 Å². The van der Waals surface area contributed by atoms with E-state index in [4.69, 9.17) is 4.74 Å². The minimum atomic E-state index is -0.666. The van der Waals surface area contributed by atoms with Crippen molar-refractivity contribution < 1.29 is 9.53 Å². The van der Waals surface area contributed by atoms with Gasteiger partial charge in [0.1, 0.15) is 5.54 Å². The molecule has 0 aliphatic carbocycles. The van der Waals surface area contributed by atoms with Crippen LogP contribution in [0.2, 0.25) is 0 Å². The molecule has 0 aromatic carbocycles. The smallest absolute Gasteiger partial charge is 0.327 e. The van der Waals surface area contributed by atoms with Gasteiger partial charge in [0, 0.05) is 18.6 Å². The van der Waals surface area contributed by atoms with Gasteiger partial charge in [-0.2, -0.15) is 0 Å². The molecule has 108 valence electrons. The average Bonchev–Trinajstić information content (AvgIpc) is 2.25. The third-order valence-corrected chi connectivity index (χ3v) is 3.47. The van der Waals surface area contributed by atoms with Crippen molar-refractivity contribution in [3.8, 4) is 0 Å². The summed E-state index contributed by atoms with van der Waals surface area (Å²) in [5.41, 5.74) is -0.666. The lowest BCUT2D eigenvalue weighted by Crippen LogP contribution is -2.60. The highest BCUT2D eigenvalue weighted by Crippen LogP contribution is 2.15. The van der Waals surface area contributed by atoms with Crippen molar-refractivity contribution in [3.63, 3.8) is 0 Å². The molecule has 0 aromatic heterocycles. The average molecular weight is 258 g/mol. The Balaban J connectivity index is 4.84. The van der Waals surface area contributed by atoms with Crippen molar-refractivity contribution in [2.45, 2.75) is 59.2 Å². The Kier molecular flexibility index (Phi) is 6.86. The fraction of sp³-hybridized carbons (Fsp3) is 0.929. The SMILES string of the molecule is COC(=O)C(C)(CN(C)C(C)C(C)C)NC(C)C. The van der Waals surface area contributed by atoms with Crippen molar-refractivity contribution in [1.29, 1.82) is 0 Å². The van der Waals surface area contributed by atoms with Gasteiger partial charge in [-0.25, -0.2) is 0 Å². The second-order valence-electron chi connectivity index (χ2n) is 6.02. The predicted molar refractivity (Wildman–Crippen MR) is 75.6 cm³/mol. The van der Waals surface area contributed by atoms with E-state index in [0.29, 0.717) is 18.5 Å². The molecule has 0 saturated carbocycles. The lowest BCUT2D eigenvalue weighted by Gasteiger charge is -2.37. The van der Waals surface area contributed by atoms with Gasteiger partial charge in [0.15, 0.2) is 0 Å². The molecule has 0 saturated heterocycles. The van der Waals surface area contributed by atoms with Gasteiger partial charge in [-0.3, -0.25) is 10.1 Å². The number of ether oxygens (including phenoxy) is 1. The summed E-state index contributed by atoms with van der Waals surface area (Å²) in [7, 11) is 3.49. The Morgan fingerprint density at radius 3 is 2.11 bits per heavy atom. The molecule has 0 aliphatic rings. The zero-order valence-corrected chi connectivity index (χ0v) is 13.2. The first-order valence-corrected chi connectivity index (χ1v) is 6.70. The fourth-order valence-corrected chi connectivity index (χ4v) is 2.18. The van der Waals surface area contributed by atoms with Gasteiger partial charge in [-0.1, -0.05) is 13.8 Å². The first-order chi connectivity index (χ1) is 8.14. The van der Waals surface area contributed by atoms with Crippen molar-refractivity contribution >= 4 is 5.97 Å². The zero-order chi connectivity index (χ0) is 14.5. The molecule has 0 bridgehead atoms. The first kappa shape index (κ1) is 17.4. The number of hydrogen-bond donors (Lipinski definition) is 1. The summed E-state index contributed by atoms with van der Waals surface area (Å²) in [5, 5.41) is 3.32. The molecule has 1 N–H and O–H groups in total. The lowest BCUT2D eigenvalue weighted by atomic mass is 9.97. The minimum Gasteiger partial charge on any atom is -0.468 e. The normalized spacial score (nSPS) is 17.1. The van der Waals surface area contributed by atoms with E-state index in [-0.39, 0.29) is 12.0 Å². The van der Waals surface area contributed by atoms with Crippen LogP contribution < -0.4 is 5.32 Å². The number of likely N-dealkylation sites (N-methyl/N-ethyl adjacent to an activating group) is 1. The highest BCUT2D eigenvalue weighted by atomic mass is 16.5. The van der Waals surface area contributed by atoms with Gasteiger partial charge in [0.25, 0.3) is 0 Å². The van der Waals surface area contributed by atoms with Crippen LogP contribution in [0.4, 0.5) is 0 Å². The number of esters is 1. The van der Waals surface area contributed by atoms with Gasteiger partial charge in [-0.05, 0) is 40.7 Å². The number of nitrogens with zero attached hydrogens (tertiary/aromatic N) is 1. The predicted octanol–water partition coefficient (Wildman–Crippen LogP) is 1.89. The van der Waals surface area contributed by atoms with Crippen LogP contribution in [0.15, 0.2) is 0 Å². The highest BCUT2D eigenvalue weighted by Gasteiger charge is 2.37. The Bertz CT molecular complexity index is 267. The highest BCUT2D eigenvalue weighted by molar-refractivity contribution is 5.80. The molecular formula is C14H30N2O2. The molecule has 18 heavy (non-hydrogen) atoms. The van der Waals surface area contributed by atoms with E-state index in [9.17, 15) is 4.79 Å². The summed E-state index contributed by atoms with van der Waals surface area (Å²) in [6.07, 6.45) is 0. The number of nitrogens with one attached hydrogen (secondary N) is 1. The molecule has 0 rings (SSSR count). The third-order valence-electron chi connectivity index (χ3n) is 3.47. The second kappa shape index (κ2) is 7.10. The van der Waals surface area contributed by atoms with Crippen molar-refractivity contribution in [1.82, 2.24) is 10.2 Å². The van der Waals surface area contributed by atoms with Crippen LogP contribution in [0.5, 0.6) is 0 Å². The minimum absolute atomic E-state index is 0.209. The third kappa shape index (κ3) is 4.94. The summed E-state index contributed by atoms with van der Waals surface area (Å²) in [6, 6.07) is 0.653. The van der Waals surface area contributed by atoms with Crippen LogP contribution >= 0.6 is 0 Å². The molecule has 4 nitrogen and oxygen atoms in total. The molecule has 4 heteroatoms. The monoisotopic (exact) mass is 258 g/mol. The van der Waals surface area contributed by atoms with Crippen LogP contribution in [0.3, 0.4) is 0 Å². The van der Waals surface area contributed by atoms with Crippen LogP contribution in [0, 0.1) is 5.92 Å². The van der Waals surface area contributed by atoms with E-state index in [1.165, 1.54) is 7.11 Å². The van der Waals surface area contributed by atoms with Gasteiger partial charge in [0.2, 0.25) is 0 Å². The molecule has 0 aliphatic heterocycles. The number of carbonyl (C=O) groups excluding carboxylic acids is 1. The molecule has 0 heterocycles. The number of rotatable bonds is 7. The van der Waals surface area contributed by atoms with Crippen molar-refractivity contribution in [2.24, 2.45) is 5.92 Å². The Hall–Kier alpha value is -0.610. The fourth-order valence-electron chi connectivity index (χ4n) is 2.18. The van der Waals surface area contributed by atoms with E-state index in [1.807, 2.05) is 27.8 Å². The molecule has 2 unspecified atom stereocenters. The van der Waals surface area contributed by atoms with Crippen LogP contribution in [-0.2, 0) is 9.53 Å². The molecular weight excluding hydrogens is 228 g/mol. The summed E-state index contributed by atoms with van der Waals surface area (Å²) in [6.45, 7) is 13.2. The van der Waals surface area contributed by atoms with Gasteiger partial charge in [0.05, 0.1) is 7.11 Å². The van der Waals surface area contributed by atoms with Crippen molar-refractivity contribution in [2.75, 3.05) is 20.7 Å². The van der Waals surface area contributed by atoms with Gasteiger partial charge >= 0.3 is 5.97 Å². The lowest BCUT2D eigenvalue weighted by molar-refractivity contribution is -0.149. The summed E-state index contributed by atoms with van der Waals surface area (Å²) >= 11 is 0. The molecule has 2 atom stereocenters. The van der Waals surface area contributed by atoms with Gasteiger partial charge in [-0.15, -0.1) is 0 Å². The van der Waals surface area contributed by atoms with Crippen molar-refractivity contribution in [3.05, 3.63) is 0 Å². The number of hydrogen-bond acceptors (Lipinski definition) is 4. The molecule has 0 spiro atoms. The Morgan fingerprint density at radius 1 is 1.28 bits per heavy atom. The van der Waals surface area contributed by atoms with E-state index >= 15 is 0 Å². The number of methoxy groups -OCH3 is 1. The Morgan fingerprint density at radius 2 is 1.78 bits per heavy atom. The maximum absolute atomic E-state index is 12.0. The van der Waals surface area contributed by atoms with Crippen LogP contribution in [0.1, 0.15) is 41.5 Å². The topological polar surface area (TPSA) is 41.6 Å². The standard InChI is InChI=1S/C14H30N2O2/c1-10(2)12(5)16(7)9-14(6,13(17)18-8)15-11(3)4/h10-12,15H,9H2,1-8H3. The van der Waals surface area contributed by atoms with E-state index in [0.717, 1.165) is 0 Å². The van der Waals surface area contributed by atoms with E-state index < -0.39 is 5.54 Å². The Labute approximate surface area is 112 Å². The second-order valence-corrected chi connectivity index (χ2v) is 6.02. The summed E-state index contributed by atoms with van der Waals surface area (Å²) < 4.78 is 4.93. The maximum Gasteiger partial charge on any atom is 0.327 e. The molecule has 0 aromatic rings. The quantitative estimate of drug-likeness (QED) is 0.708. The first-order valence-electron chi connectivity index (χ1n) is 6.70. The number of carbonyl (C=O) groups is 1. The molecule has 0 amide bonds. The van der Waals surface area contributed by atoms with Crippen LogP contribution in [0.25, 0.3) is 0 Å².